The van der Waals surface area contributed by atoms with E-state index in [1.54, 1.807) is 6.07 Å². The molecule has 0 fully saturated rings. The molecule has 0 saturated heterocycles. The van der Waals surface area contributed by atoms with Crippen LogP contribution in [0.15, 0.2) is 24.3 Å². The number of carbonyl (C=O) groups is 1. The summed E-state index contributed by atoms with van der Waals surface area (Å²) in [5, 5.41) is 11.2. The fourth-order valence-electron chi connectivity index (χ4n) is 1.87. The highest BCUT2D eigenvalue weighted by molar-refractivity contribution is 5.86. The van der Waals surface area contributed by atoms with E-state index in [0.29, 0.717) is 25.3 Å². The number of ether oxygens (including phenoxy) is 2. The Kier molecular flexibility index (Phi) is 5.53. The van der Waals surface area contributed by atoms with Gasteiger partial charge in [0.2, 0.25) is 5.95 Å². The minimum atomic E-state index is -1.32. The first kappa shape index (κ1) is 15.3. The largest absolute Gasteiger partial charge is 0.530 e. The predicted octanol–water partition coefficient (Wildman–Crippen LogP) is 0.766. The van der Waals surface area contributed by atoms with E-state index in [1.807, 2.05) is 25.1 Å². The molecular weight excluding hydrogens is 274 g/mol. The lowest BCUT2D eigenvalue weighted by Crippen LogP contribution is -2.43. The highest BCUT2D eigenvalue weighted by Gasteiger charge is 2.12. The molecule has 7 nitrogen and oxygen atoms in total. The molecule has 21 heavy (non-hydrogen) atoms. The standard InChI is InChI=1S/C14H19N3O4/c1-2-20-9-10-21-8-7-17(14(18)19)13-15-11-5-3-4-6-12(11)16-13/h3-6H,2,7-10H2,1H3,(H,15,16)(H,18,19)/p-1. The average Bonchev–Trinajstić information content (AvgIpc) is 2.89. The second-order valence-electron chi connectivity index (χ2n) is 4.30. The summed E-state index contributed by atoms with van der Waals surface area (Å²) in [6.07, 6.45) is -1.32. The van der Waals surface area contributed by atoms with Gasteiger partial charge in [-0.05, 0) is 19.1 Å². The van der Waals surface area contributed by atoms with Crippen molar-refractivity contribution in [2.45, 2.75) is 6.92 Å². The van der Waals surface area contributed by atoms with Crippen LogP contribution in [-0.2, 0) is 9.47 Å². The number of nitrogens with one attached hydrogen (secondary N) is 1. The maximum atomic E-state index is 11.2. The maximum Gasteiger partial charge on any atom is 0.209 e. The molecule has 0 radical (unpaired) electrons. The maximum absolute atomic E-state index is 11.2. The van der Waals surface area contributed by atoms with Gasteiger partial charge < -0.3 is 24.4 Å². The normalized spacial score (nSPS) is 10.9. The van der Waals surface area contributed by atoms with Gasteiger partial charge in [-0.1, -0.05) is 12.1 Å². The zero-order valence-electron chi connectivity index (χ0n) is 11.9. The van der Waals surface area contributed by atoms with Crippen molar-refractivity contribution in [3.05, 3.63) is 24.3 Å². The molecule has 0 aliphatic heterocycles. The molecule has 0 bridgehead atoms. The molecule has 2 rings (SSSR count). The Balaban J connectivity index is 1.94. The Labute approximate surface area is 122 Å². The van der Waals surface area contributed by atoms with E-state index in [9.17, 15) is 9.90 Å². The number of fused-ring (bicyclic) bond motifs is 1. The van der Waals surface area contributed by atoms with Crippen LogP contribution in [0.25, 0.3) is 11.0 Å². The van der Waals surface area contributed by atoms with Crippen LogP contribution in [0.4, 0.5) is 10.7 Å². The number of nitrogens with zero attached hydrogens (tertiary/aromatic N) is 2. The highest BCUT2D eigenvalue weighted by Crippen LogP contribution is 2.16. The van der Waals surface area contributed by atoms with Crippen molar-refractivity contribution >= 4 is 23.1 Å². The number of imidazole rings is 1. The smallest absolute Gasteiger partial charge is 0.209 e. The lowest BCUT2D eigenvalue weighted by Gasteiger charge is -2.21. The second-order valence-corrected chi connectivity index (χ2v) is 4.30. The highest BCUT2D eigenvalue weighted by atomic mass is 16.5. The van der Waals surface area contributed by atoms with Crippen molar-refractivity contribution in [3.63, 3.8) is 0 Å². The molecule has 1 N–H and O–H groups in total. The summed E-state index contributed by atoms with van der Waals surface area (Å²) >= 11 is 0. The van der Waals surface area contributed by atoms with Gasteiger partial charge in [-0.2, -0.15) is 0 Å². The van der Waals surface area contributed by atoms with Crippen LogP contribution in [0.3, 0.4) is 0 Å². The Bertz CT molecular complexity index is 551. The summed E-state index contributed by atoms with van der Waals surface area (Å²) in [4.78, 5) is 19.4. The molecule has 7 heteroatoms. The fraction of sp³-hybridized carbons (Fsp3) is 0.429. The van der Waals surface area contributed by atoms with Gasteiger partial charge in [-0.25, -0.2) is 4.98 Å². The predicted molar refractivity (Wildman–Crippen MR) is 76.1 cm³/mol. The summed E-state index contributed by atoms with van der Waals surface area (Å²) in [5.41, 5.74) is 1.48. The van der Waals surface area contributed by atoms with E-state index in [0.717, 1.165) is 10.4 Å². The number of hydrogen-bond acceptors (Lipinski definition) is 5. The van der Waals surface area contributed by atoms with Crippen molar-refractivity contribution in [1.29, 1.82) is 0 Å². The number of carboxylic acid groups (broad SMARTS) is 1. The number of aromatic amines is 1. The third-order valence-corrected chi connectivity index (χ3v) is 2.89. The molecule has 1 heterocycles. The molecule has 0 aliphatic carbocycles. The number of carbonyl (C=O) groups excluding carboxylic acids is 1. The first-order valence-electron chi connectivity index (χ1n) is 6.81. The average molecular weight is 292 g/mol. The van der Waals surface area contributed by atoms with E-state index in [1.165, 1.54) is 0 Å². The molecule has 2 aromatic rings. The summed E-state index contributed by atoms with van der Waals surface area (Å²) < 4.78 is 10.4. The number of anilines is 1. The van der Waals surface area contributed by atoms with Crippen LogP contribution >= 0.6 is 0 Å². The van der Waals surface area contributed by atoms with Crippen molar-refractivity contribution in [2.24, 2.45) is 0 Å². The first-order chi connectivity index (χ1) is 10.2. The molecule has 1 aromatic carbocycles. The minimum Gasteiger partial charge on any atom is -0.530 e. The number of hydrogen-bond donors (Lipinski definition) is 1. The summed E-state index contributed by atoms with van der Waals surface area (Å²) in [5.74, 6) is 0.240. The van der Waals surface area contributed by atoms with Gasteiger partial charge in [0.15, 0.2) is 0 Å². The van der Waals surface area contributed by atoms with E-state index in [4.69, 9.17) is 9.47 Å². The summed E-state index contributed by atoms with van der Waals surface area (Å²) in [6.45, 7) is 3.85. The van der Waals surface area contributed by atoms with Crippen molar-refractivity contribution in [2.75, 3.05) is 37.9 Å². The van der Waals surface area contributed by atoms with Crippen molar-refractivity contribution < 1.29 is 19.4 Å². The molecule has 1 amide bonds. The summed E-state index contributed by atoms with van der Waals surface area (Å²) in [7, 11) is 0. The topological polar surface area (TPSA) is 90.5 Å². The Morgan fingerprint density at radius 3 is 2.76 bits per heavy atom. The van der Waals surface area contributed by atoms with Crippen LogP contribution in [0.2, 0.25) is 0 Å². The molecule has 0 saturated carbocycles. The molecule has 1 aromatic heterocycles. The Morgan fingerprint density at radius 2 is 2.05 bits per heavy atom. The lowest BCUT2D eigenvalue weighted by molar-refractivity contribution is -0.246. The molecule has 0 atom stereocenters. The van der Waals surface area contributed by atoms with Gasteiger partial charge >= 0.3 is 0 Å². The van der Waals surface area contributed by atoms with Crippen molar-refractivity contribution in [1.82, 2.24) is 9.97 Å². The van der Waals surface area contributed by atoms with E-state index in [2.05, 4.69) is 9.97 Å². The molecular formula is C14H18N3O4-. The van der Waals surface area contributed by atoms with Crippen LogP contribution in [0.1, 0.15) is 6.92 Å². The van der Waals surface area contributed by atoms with Crippen LogP contribution in [-0.4, -0.2) is 49.0 Å². The molecule has 114 valence electrons. The van der Waals surface area contributed by atoms with Gasteiger partial charge in [0.1, 0.15) is 6.09 Å². The number of amides is 1. The molecule has 0 unspecified atom stereocenters. The Hall–Kier alpha value is -2.12. The third-order valence-electron chi connectivity index (χ3n) is 2.89. The molecule has 0 aliphatic rings. The number of rotatable bonds is 8. The van der Waals surface area contributed by atoms with E-state index in [-0.39, 0.29) is 19.1 Å². The quantitative estimate of drug-likeness (QED) is 0.726. The first-order valence-corrected chi connectivity index (χ1v) is 6.81. The zero-order valence-corrected chi connectivity index (χ0v) is 11.9. The summed E-state index contributed by atoms with van der Waals surface area (Å²) in [6, 6.07) is 7.33. The monoisotopic (exact) mass is 292 g/mol. The van der Waals surface area contributed by atoms with Gasteiger partial charge in [0, 0.05) is 6.61 Å². The fourth-order valence-corrected chi connectivity index (χ4v) is 1.87. The SMILES string of the molecule is CCOCCOCCN(C(=O)[O-])c1nc2ccccc2[nH]1. The number of H-pyrrole nitrogens is 1. The van der Waals surface area contributed by atoms with Gasteiger partial charge in [0.25, 0.3) is 0 Å². The van der Waals surface area contributed by atoms with Gasteiger partial charge in [0.05, 0.1) is 37.4 Å². The number of para-hydroxylation sites is 2. The van der Waals surface area contributed by atoms with Crippen LogP contribution in [0, 0.1) is 0 Å². The van der Waals surface area contributed by atoms with Gasteiger partial charge in [-0.15, -0.1) is 0 Å². The zero-order chi connectivity index (χ0) is 15.1. The van der Waals surface area contributed by atoms with E-state index < -0.39 is 6.09 Å². The van der Waals surface area contributed by atoms with Gasteiger partial charge in [-0.3, -0.25) is 4.90 Å². The van der Waals surface area contributed by atoms with Crippen LogP contribution in [0.5, 0.6) is 0 Å². The minimum absolute atomic E-state index is 0.147. The van der Waals surface area contributed by atoms with E-state index >= 15 is 0 Å². The second kappa shape index (κ2) is 7.61. The van der Waals surface area contributed by atoms with Crippen molar-refractivity contribution in [3.8, 4) is 0 Å². The number of aromatic nitrogens is 2. The third kappa shape index (κ3) is 4.17. The van der Waals surface area contributed by atoms with Crippen LogP contribution < -0.4 is 10.0 Å². The number of benzene rings is 1. The molecule has 0 spiro atoms. The lowest BCUT2D eigenvalue weighted by atomic mass is 10.3. The Morgan fingerprint density at radius 1 is 1.29 bits per heavy atom.